The fourth-order valence-electron chi connectivity index (χ4n) is 7.63. The second-order valence-corrected chi connectivity index (χ2v) is 13.1. The van der Waals surface area contributed by atoms with Crippen molar-refractivity contribution in [2.75, 3.05) is 6.54 Å². The second kappa shape index (κ2) is 12.1. The van der Waals surface area contributed by atoms with Crippen molar-refractivity contribution in [1.82, 2.24) is 14.9 Å². The van der Waals surface area contributed by atoms with Gasteiger partial charge in [0.1, 0.15) is 29.0 Å². The van der Waals surface area contributed by atoms with Gasteiger partial charge < -0.3 is 14.8 Å². The van der Waals surface area contributed by atoms with Crippen molar-refractivity contribution in [3.05, 3.63) is 181 Å². The number of fused-ring (bicyclic) bond motifs is 9. The third kappa shape index (κ3) is 5.05. The van der Waals surface area contributed by atoms with Gasteiger partial charge >= 0.3 is 0 Å². The Morgan fingerprint density at radius 2 is 1.43 bits per heavy atom. The number of dihydropyridines is 1. The topological polar surface area (TPSA) is 48.3 Å². The Hall–Kier alpha value is -6.59. The summed E-state index contributed by atoms with van der Waals surface area (Å²) in [5.74, 6) is 2.40. The minimum Gasteiger partial charge on any atom is -0.485 e. The van der Waals surface area contributed by atoms with E-state index in [2.05, 4.69) is 156 Å². The quantitative estimate of drug-likeness (QED) is 0.205. The van der Waals surface area contributed by atoms with Crippen LogP contribution >= 0.6 is 0 Å². The van der Waals surface area contributed by atoms with E-state index in [-0.39, 0.29) is 12.0 Å². The first-order chi connectivity index (χ1) is 25.3. The van der Waals surface area contributed by atoms with Gasteiger partial charge in [-0.3, -0.25) is 4.57 Å². The lowest BCUT2D eigenvalue weighted by Gasteiger charge is -2.30. The van der Waals surface area contributed by atoms with Gasteiger partial charge in [0.2, 0.25) is 0 Å². The maximum absolute atomic E-state index is 7.00. The molecule has 2 unspecified atom stereocenters. The monoisotopic (exact) mass is 659 g/mol. The molecule has 1 aliphatic carbocycles. The summed E-state index contributed by atoms with van der Waals surface area (Å²) < 4.78 is 16.2. The molecule has 0 saturated carbocycles. The van der Waals surface area contributed by atoms with Gasteiger partial charge in [-0.25, -0.2) is 4.98 Å². The highest BCUT2D eigenvalue weighted by atomic mass is 16.5. The zero-order valence-corrected chi connectivity index (χ0v) is 27.7. The fourth-order valence-corrected chi connectivity index (χ4v) is 7.63. The van der Waals surface area contributed by atoms with E-state index in [9.17, 15) is 0 Å². The molecule has 0 radical (unpaired) electrons. The smallest absolute Gasteiger partial charge is 0.145 e. The molecule has 5 aromatic carbocycles. The van der Waals surface area contributed by atoms with Crippen LogP contribution < -0.4 is 14.8 Å². The van der Waals surface area contributed by atoms with Crippen molar-refractivity contribution >= 4 is 27.6 Å². The number of pyridine rings is 1. The number of allylic oxidation sites excluding steroid dienone is 4. The average Bonchev–Trinajstić information content (AvgIpc) is 3.53. The normalized spacial score (nSPS) is 17.3. The van der Waals surface area contributed by atoms with Crippen LogP contribution in [0.15, 0.2) is 170 Å². The summed E-state index contributed by atoms with van der Waals surface area (Å²) in [6.07, 6.45) is 16.5. The molecular weight excluding hydrogens is 627 g/mol. The van der Waals surface area contributed by atoms with Crippen molar-refractivity contribution in [3.8, 4) is 45.2 Å². The highest BCUT2D eigenvalue weighted by Gasteiger charge is 2.29. The molecular formula is C46H33N3O2. The average molecular weight is 660 g/mol. The zero-order chi connectivity index (χ0) is 33.7. The minimum atomic E-state index is -0.194. The van der Waals surface area contributed by atoms with Crippen molar-refractivity contribution in [2.45, 2.75) is 12.0 Å². The Morgan fingerprint density at radius 3 is 2.33 bits per heavy atom. The summed E-state index contributed by atoms with van der Waals surface area (Å²) in [5.41, 5.74) is 10.5. The lowest BCUT2D eigenvalue weighted by molar-refractivity contribution is 0.230. The van der Waals surface area contributed by atoms with Crippen LogP contribution in [0.25, 0.3) is 55.6 Å². The number of hydrogen-bond donors (Lipinski definition) is 1. The first-order valence-electron chi connectivity index (χ1n) is 17.4. The second-order valence-electron chi connectivity index (χ2n) is 13.1. The van der Waals surface area contributed by atoms with Crippen LogP contribution in [0.2, 0.25) is 0 Å². The van der Waals surface area contributed by atoms with Crippen LogP contribution in [0.1, 0.15) is 17.0 Å². The fraction of sp³-hybridized carbons (Fsp3) is 0.0652. The molecule has 7 aromatic rings. The highest BCUT2D eigenvalue weighted by molar-refractivity contribution is 6.09. The number of aromatic nitrogens is 2. The van der Waals surface area contributed by atoms with Gasteiger partial charge in [0.15, 0.2) is 0 Å². The van der Waals surface area contributed by atoms with E-state index in [1.807, 2.05) is 24.4 Å². The Labute approximate surface area is 296 Å². The van der Waals surface area contributed by atoms with Crippen molar-refractivity contribution in [3.63, 3.8) is 0 Å². The number of ether oxygens (including phenoxy) is 2. The largest absolute Gasteiger partial charge is 0.485 e. The molecule has 2 aromatic heterocycles. The number of benzene rings is 5. The number of nitrogens with one attached hydrogen (secondary N) is 1. The van der Waals surface area contributed by atoms with Gasteiger partial charge in [-0.2, -0.15) is 0 Å². The first-order valence-corrected chi connectivity index (χ1v) is 17.4. The molecule has 244 valence electrons. The molecule has 0 amide bonds. The molecule has 5 nitrogen and oxygen atoms in total. The molecule has 4 heterocycles. The molecule has 5 heteroatoms. The molecule has 3 aliphatic rings. The maximum atomic E-state index is 7.00. The van der Waals surface area contributed by atoms with Crippen LogP contribution in [0.4, 0.5) is 0 Å². The minimum absolute atomic E-state index is 0.0154. The summed E-state index contributed by atoms with van der Waals surface area (Å²) in [5, 5.41) is 5.80. The number of rotatable bonds is 3. The molecule has 0 fully saturated rings. The molecule has 0 spiro atoms. The van der Waals surface area contributed by atoms with Crippen molar-refractivity contribution in [2.24, 2.45) is 0 Å². The third-order valence-corrected chi connectivity index (χ3v) is 10.1. The van der Waals surface area contributed by atoms with Crippen LogP contribution in [-0.4, -0.2) is 22.2 Å². The molecule has 51 heavy (non-hydrogen) atoms. The van der Waals surface area contributed by atoms with E-state index in [0.717, 1.165) is 85.1 Å². The van der Waals surface area contributed by atoms with Crippen LogP contribution in [0.3, 0.4) is 0 Å². The predicted octanol–water partition coefficient (Wildman–Crippen LogP) is 10.8. The van der Waals surface area contributed by atoms with Crippen LogP contribution in [-0.2, 0) is 0 Å². The first kappa shape index (κ1) is 29.3. The van der Waals surface area contributed by atoms with Crippen LogP contribution in [0.5, 0.6) is 17.2 Å². The van der Waals surface area contributed by atoms with Gasteiger partial charge in [0.25, 0.3) is 0 Å². The Morgan fingerprint density at radius 1 is 0.647 bits per heavy atom. The third-order valence-electron chi connectivity index (χ3n) is 10.1. The van der Waals surface area contributed by atoms with Gasteiger partial charge in [0.05, 0.1) is 5.52 Å². The number of nitrogens with zero attached hydrogens (tertiary/aromatic N) is 2. The van der Waals surface area contributed by atoms with E-state index in [0.29, 0.717) is 0 Å². The standard InChI is InChI=1S/C46H33N3O2/c1-2-11-33(12-3-1)49-41-27-30(19-22-34(41)39-15-10-26-48-46(39)49)31-20-23-37-38-24-21-32(40-16-8-9-25-47-40)29-45(38)51-43-18-7-5-14-36(43)35-13-4-6-17-42(35)50-44(37)28-31/h1-24,26-29,36,43,47H,25H2. The molecule has 0 saturated heterocycles. The van der Waals surface area contributed by atoms with Gasteiger partial charge in [-0.05, 0) is 83.9 Å². The summed E-state index contributed by atoms with van der Waals surface area (Å²) in [6.45, 7) is 0.798. The zero-order valence-electron chi connectivity index (χ0n) is 27.7. The maximum Gasteiger partial charge on any atom is 0.145 e. The summed E-state index contributed by atoms with van der Waals surface area (Å²) in [7, 11) is 0. The van der Waals surface area contributed by atoms with Gasteiger partial charge in [0, 0.05) is 63.1 Å². The number of para-hydroxylation sites is 2. The van der Waals surface area contributed by atoms with Gasteiger partial charge in [-0.15, -0.1) is 0 Å². The Bertz CT molecular complexity index is 2610. The molecule has 2 aliphatic heterocycles. The lowest BCUT2D eigenvalue weighted by atomic mass is 9.88. The van der Waals surface area contributed by atoms with E-state index >= 15 is 0 Å². The molecule has 10 rings (SSSR count). The number of hydrogen-bond acceptors (Lipinski definition) is 4. The molecule has 1 N–H and O–H groups in total. The van der Waals surface area contributed by atoms with E-state index in [4.69, 9.17) is 14.5 Å². The lowest BCUT2D eigenvalue weighted by Crippen LogP contribution is -2.25. The van der Waals surface area contributed by atoms with Gasteiger partial charge in [-0.1, -0.05) is 91.0 Å². The van der Waals surface area contributed by atoms with E-state index in [1.165, 1.54) is 5.39 Å². The summed E-state index contributed by atoms with van der Waals surface area (Å²) in [6, 6.07) is 42.6. The Kier molecular flexibility index (Phi) is 6.95. The van der Waals surface area contributed by atoms with Crippen molar-refractivity contribution in [1.29, 1.82) is 0 Å². The van der Waals surface area contributed by atoms with E-state index in [1.54, 1.807) is 0 Å². The summed E-state index contributed by atoms with van der Waals surface area (Å²) in [4.78, 5) is 4.81. The highest BCUT2D eigenvalue weighted by Crippen LogP contribution is 2.46. The summed E-state index contributed by atoms with van der Waals surface area (Å²) >= 11 is 0. The SMILES string of the molecule is C1=CCNC(c2ccc3c(c2)OC2C=CC=CC2c2ccccc2Oc2cc(-c4ccc5c6cccnc6n(-c6ccccc6)c5c4)ccc2-3)=C1. The van der Waals surface area contributed by atoms with Crippen molar-refractivity contribution < 1.29 is 9.47 Å². The molecule has 2 atom stereocenters. The molecule has 0 bridgehead atoms. The van der Waals surface area contributed by atoms with Crippen LogP contribution in [0, 0.1) is 0 Å². The van der Waals surface area contributed by atoms with E-state index < -0.39 is 0 Å². The predicted molar refractivity (Wildman–Crippen MR) is 207 cm³/mol. The Balaban J connectivity index is 1.17.